The van der Waals surface area contributed by atoms with Crippen molar-refractivity contribution in [3.05, 3.63) is 59.0 Å². The second kappa shape index (κ2) is 5.04. The zero-order chi connectivity index (χ0) is 14.0. The molecule has 2 nitrogen and oxygen atoms in total. The first-order valence-electron chi connectivity index (χ1n) is 6.54. The molecule has 0 unspecified atom stereocenters. The van der Waals surface area contributed by atoms with Crippen LogP contribution in [0.1, 0.15) is 48.0 Å². The number of carbonyl (C=O) groups is 1. The summed E-state index contributed by atoms with van der Waals surface area (Å²) < 4.78 is 5.17. The first-order valence-corrected chi connectivity index (χ1v) is 6.54. The number of aryl methyl sites for hydroxylation is 1. The molecule has 0 fully saturated rings. The molecule has 0 aliphatic heterocycles. The summed E-state index contributed by atoms with van der Waals surface area (Å²) in [7, 11) is 0. The molecule has 0 radical (unpaired) electrons. The van der Waals surface area contributed by atoms with Gasteiger partial charge in [-0.15, -0.1) is 0 Å². The minimum Gasteiger partial charge on any atom is -0.469 e. The second-order valence-electron chi connectivity index (χ2n) is 5.94. The fraction of sp³-hybridized carbons (Fsp3) is 0.353. The minimum absolute atomic E-state index is 0.106. The molecular weight excluding hydrogens is 236 g/mol. The molecule has 100 valence electrons. The molecular formula is C17H20O2. The van der Waals surface area contributed by atoms with Crippen LogP contribution in [0.5, 0.6) is 0 Å². The third kappa shape index (κ3) is 3.14. The quantitative estimate of drug-likeness (QED) is 0.766. The van der Waals surface area contributed by atoms with Crippen molar-refractivity contribution in [3.8, 4) is 0 Å². The fourth-order valence-electron chi connectivity index (χ4n) is 2.08. The van der Waals surface area contributed by atoms with E-state index in [0.717, 1.165) is 5.56 Å². The van der Waals surface area contributed by atoms with Crippen LogP contribution in [0.25, 0.3) is 0 Å². The molecule has 2 rings (SSSR count). The van der Waals surface area contributed by atoms with E-state index in [2.05, 4.69) is 32.9 Å². The highest BCUT2D eigenvalue weighted by atomic mass is 16.3. The molecule has 1 heterocycles. The molecule has 0 bridgehead atoms. The van der Waals surface area contributed by atoms with Crippen molar-refractivity contribution in [3.63, 3.8) is 0 Å². The highest BCUT2D eigenvalue weighted by molar-refractivity contribution is 5.98. The Morgan fingerprint density at radius 3 is 2.21 bits per heavy atom. The molecule has 0 spiro atoms. The van der Waals surface area contributed by atoms with Gasteiger partial charge in [0.05, 0.1) is 11.8 Å². The summed E-state index contributed by atoms with van der Waals surface area (Å²) in [5, 5.41) is 0. The van der Waals surface area contributed by atoms with Crippen LogP contribution in [0.15, 0.2) is 41.0 Å². The Bertz CT molecular complexity index is 568. The van der Waals surface area contributed by atoms with Crippen molar-refractivity contribution >= 4 is 5.78 Å². The van der Waals surface area contributed by atoms with Gasteiger partial charge in [0.2, 0.25) is 0 Å². The highest BCUT2D eigenvalue weighted by Crippen LogP contribution is 2.22. The van der Waals surface area contributed by atoms with Crippen molar-refractivity contribution in [2.75, 3.05) is 0 Å². The topological polar surface area (TPSA) is 30.2 Å². The van der Waals surface area contributed by atoms with Gasteiger partial charge < -0.3 is 4.42 Å². The maximum absolute atomic E-state index is 12.1. The summed E-state index contributed by atoms with van der Waals surface area (Å²) >= 11 is 0. The summed E-state index contributed by atoms with van der Waals surface area (Å²) in [5.74, 6) is 0.797. The smallest absolute Gasteiger partial charge is 0.170 e. The van der Waals surface area contributed by atoms with Crippen LogP contribution < -0.4 is 0 Å². The van der Waals surface area contributed by atoms with Crippen molar-refractivity contribution in [1.82, 2.24) is 0 Å². The number of rotatable bonds is 3. The van der Waals surface area contributed by atoms with Crippen LogP contribution in [-0.4, -0.2) is 5.78 Å². The minimum atomic E-state index is 0.106. The van der Waals surface area contributed by atoms with E-state index in [1.165, 1.54) is 5.56 Å². The average molecular weight is 256 g/mol. The summed E-state index contributed by atoms with van der Waals surface area (Å²) in [6, 6.07) is 10.0. The maximum atomic E-state index is 12.1. The summed E-state index contributed by atoms with van der Waals surface area (Å²) in [5.41, 5.74) is 3.14. The predicted molar refractivity (Wildman–Crippen MR) is 76.6 cm³/mol. The van der Waals surface area contributed by atoms with Crippen LogP contribution in [0.4, 0.5) is 0 Å². The number of ketones is 1. The van der Waals surface area contributed by atoms with Crippen molar-refractivity contribution in [2.45, 2.75) is 39.5 Å². The Labute approximate surface area is 114 Å². The third-order valence-corrected chi connectivity index (χ3v) is 3.34. The first kappa shape index (κ1) is 13.6. The molecule has 1 aromatic heterocycles. The molecule has 0 N–H and O–H groups in total. The lowest BCUT2D eigenvalue weighted by Gasteiger charge is -2.19. The summed E-state index contributed by atoms with van der Waals surface area (Å²) in [4.78, 5) is 12.1. The largest absolute Gasteiger partial charge is 0.469 e. The first-order chi connectivity index (χ1) is 8.88. The van der Waals surface area contributed by atoms with E-state index in [0.29, 0.717) is 17.7 Å². The van der Waals surface area contributed by atoms with Gasteiger partial charge in [-0.3, -0.25) is 4.79 Å². The lowest BCUT2D eigenvalue weighted by Crippen LogP contribution is -2.11. The van der Waals surface area contributed by atoms with E-state index in [4.69, 9.17) is 4.42 Å². The third-order valence-electron chi connectivity index (χ3n) is 3.34. The number of Topliss-reactive ketones (excluding diaryl/α,β-unsaturated/α-hetero) is 1. The molecule has 19 heavy (non-hydrogen) atoms. The average Bonchev–Trinajstić information content (AvgIpc) is 2.75. The van der Waals surface area contributed by atoms with Gasteiger partial charge in [-0.25, -0.2) is 0 Å². The van der Waals surface area contributed by atoms with Crippen molar-refractivity contribution in [2.24, 2.45) is 0 Å². The molecule has 2 aromatic rings. The van der Waals surface area contributed by atoms with Gasteiger partial charge >= 0.3 is 0 Å². The van der Waals surface area contributed by atoms with Crippen LogP contribution in [0.2, 0.25) is 0 Å². The number of benzene rings is 1. The molecule has 0 aliphatic carbocycles. The SMILES string of the molecule is Cc1occc1C(=O)Cc1ccc(C(C)(C)C)cc1. The number of hydrogen-bond donors (Lipinski definition) is 0. The Balaban J connectivity index is 2.12. The van der Waals surface area contributed by atoms with E-state index >= 15 is 0 Å². The van der Waals surface area contributed by atoms with E-state index < -0.39 is 0 Å². The number of hydrogen-bond acceptors (Lipinski definition) is 2. The lowest BCUT2D eigenvalue weighted by atomic mass is 9.86. The van der Waals surface area contributed by atoms with Gasteiger partial charge in [0, 0.05) is 6.42 Å². The molecule has 2 heteroatoms. The van der Waals surface area contributed by atoms with E-state index in [9.17, 15) is 4.79 Å². The van der Waals surface area contributed by atoms with Gasteiger partial charge in [0.25, 0.3) is 0 Å². The van der Waals surface area contributed by atoms with Gasteiger partial charge in [0.15, 0.2) is 5.78 Å². The van der Waals surface area contributed by atoms with Crippen LogP contribution in [0.3, 0.4) is 0 Å². The molecule has 0 aliphatic rings. The van der Waals surface area contributed by atoms with E-state index in [1.807, 2.05) is 19.1 Å². The van der Waals surface area contributed by atoms with Gasteiger partial charge in [0.1, 0.15) is 5.76 Å². The molecule has 0 atom stereocenters. The van der Waals surface area contributed by atoms with E-state index in [-0.39, 0.29) is 11.2 Å². The van der Waals surface area contributed by atoms with Crippen LogP contribution >= 0.6 is 0 Å². The monoisotopic (exact) mass is 256 g/mol. The van der Waals surface area contributed by atoms with Crippen molar-refractivity contribution in [1.29, 1.82) is 0 Å². The maximum Gasteiger partial charge on any atom is 0.170 e. The van der Waals surface area contributed by atoms with Gasteiger partial charge in [-0.05, 0) is 29.5 Å². The summed E-state index contributed by atoms with van der Waals surface area (Å²) in [6.07, 6.45) is 1.98. The second-order valence-corrected chi connectivity index (χ2v) is 5.94. The number of furan rings is 1. The Morgan fingerprint density at radius 2 is 1.74 bits per heavy atom. The Morgan fingerprint density at radius 1 is 1.11 bits per heavy atom. The van der Waals surface area contributed by atoms with Crippen LogP contribution in [-0.2, 0) is 11.8 Å². The van der Waals surface area contributed by atoms with E-state index in [1.54, 1.807) is 12.3 Å². The van der Waals surface area contributed by atoms with Gasteiger partial charge in [-0.2, -0.15) is 0 Å². The fourth-order valence-corrected chi connectivity index (χ4v) is 2.08. The summed E-state index contributed by atoms with van der Waals surface area (Å²) in [6.45, 7) is 8.36. The highest BCUT2D eigenvalue weighted by Gasteiger charge is 2.15. The standard InChI is InChI=1S/C17H20O2/c1-12-15(9-10-19-12)16(18)11-13-5-7-14(8-6-13)17(2,3)4/h5-10H,11H2,1-4H3. The normalized spacial score (nSPS) is 11.6. The molecule has 0 saturated carbocycles. The molecule has 0 amide bonds. The zero-order valence-electron chi connectivity index (χ0n) is 12.0. The molecule has 1 aromatic carbocycles. The Hall–Kier alpha value is -1.83. The van der Waals surface area contributed by atoms with Crippen molar-refractivity contribution < 1.29 is 9.21 Å². The predicted octanol–water partition coefficient (Wildman–Crippen LogP) is 4.31. The zero-order valence-corrected chi connectivity index (χ0v) is 12.0. The molecule has 0 saturated heterocycles. The van der Waals surface area contributed by atoms with Gasteiger partial charge in [-0.1, -0.05) is 45.0 Å². The number of carbonyl (C=O) groups excluding carboxylic acids is 1. The lowest BCUT2D eigenvalue weighted by molar-refractivity contribution is 0.0991. The van der Waals surface area contributed by atoms with Crippen LogP contribution in [0, 0.1) is 6.92 Å². The Kier molecular flexibility index (Phi) is 3.61.